The fraction of sp³-hybridized carbons (Fsp3) is 0.381. The fourth-order valence-corrected chi connectivity index (χ4v) is 2.80. The molecular formula is C21H28N2O. The number of hydrogen-bond acceptors (Lipinski definition) is 2. The van der Waals surface area contributed by atoms with Crippen LogP contribution in [0.2, 0.25) is 0 Å². The first-order valence-electron chi connectivity index (χ1n) is 8.67. The van der Waals surface area contributed by atoms with Crippen LogP contribution in [0, 0.1) is 6.92 Å². The molecule has 0 aliphatic heterocycles. The van der Waals surface area contributed by atoms with Crippen molar-refractivity contribution in [2.24, 2.45) is 0 Å². The number of rotatable bonds is 7. The number of hydrogen-bond donors (Lipinski definition) is 1. The molecule has 0 radical (unpaired) electrons. The van der Waals surface area contributed by atoms with E-state index in [1.165, 1.54) is 11.1 Å². The van der Waals surface area contributed by atoms with Gasteiger partial charge in [0, 0.05) is 18.3 Å². The lowest BCUT2D eigenvalue weighted by atomic mass is 10.1. The van der Waals surface area contributed by atoms with Gasteiger partial charge in [-0.3, -0.25) is 9.69 Å². The van der Waals surface area contributed by atoms with Crippen LogP contribution in [0.25, 0.3) is 0 Å². The van der Waals surface area contributed by atoms with Crippen LogP contribution in [0.1, 0.15) is 37.5 Å². The van der Waals surface area contributed by atoms with E-state index in [4.69, 9.17) is 0 Å². The standard InChI is InChI=1S/C21H28N2O/c1-5-19-13-9-10-17(4)21(19)22-20(24)15-23(16(2)3)14-18-11-7-6-8-12-18/h6-13,16H,5,14-15H2,1-4H3,(H,22,24). The number of carbonyl (C=O) groups excluding carboxylic acids is 1. The van der Waals surface area contributed by atoms with Gasteiger partial charge in [0.1, 0.15) is 0 Å². The average molecular weight is 324 g/mol. The lowest BCUT2D eigenvalue weighted by Gasteiger charge is -2.26. The number of nitrogens with one attached hydrogen (secondary N) is 1. The van der Waals surface area contributed by atoms with Gasteiger partial charge >= 0.3 is 0 Å². The number of para-hydroxylation sites is 1. The van der Waals surface area contributed by atoms with Crippen molar-refractivity contribution in [3.8, 4) is 0 Å². The molecule has 0 aliphatic rings. The molecule has 2 rings (SSSR count). The van der Waals surface area contributed by atoms with Gasteiger partial charge in [0.15, 0.2) is 0 Å². The van der Waals surface area contributed by atoms with Gasteiger partial charge in [-0.1, -0.05) is 55.5 Å². The topological polar surface area (TPSA) is 32.3 Å². The van der Waals surface area contributed by atoms with E-state index in [2.05, 4.69) is 49.2 Å². The third-order valence-corrected chi connectivity index (χ3v) is 4.31. The van der Waals surface area contributed by atoms with E-state index < -0.39 is 0 Å². The van der Waals surface area contributed by atoms with Crippen LogP contribution in [0.15, 0.2) is 48.5 Å². The molecular weight excluding hydrogens is 296 g/mol. The summed E-state index contributed by atoms with van der Waals surface area (Å²) in [6.45, 7) is 9.58. The molecule has 3 nitrogen and oxygen atoms in total. The minimum atomic E-state index is 0.0450. The van der Waals surface area contributed by atoms with Crippen LogP contribution in [-0.4, -0.2) is 23.4 Å². The molecule has 1 amide bonds. The highest BCUT2D eigenvalue weighted by Gasteiger charge is 2.16. The highest BCUT2D eigenvalue weighted by Crippen LogP contribution is 2.21. The SMILES string of the molecule is CCc1cccc(C)c1NC(=O)CN(Cc1ccccc1)C(C)C. The quantitative estimate of drug-likeness (QED) is 0.818. The van der Waals surface area contributed by atoms with Crippen LogP contribution in [-0.2, 0) is 17.8 Å². The molecule has 2 aromatic carbocycles. The molecule has 0 unspecified atom stereocenters. The molecule has 3 heteroatoms. The molecule has 0 aliphatic carbocycles. The molecule has 2 aromatic rings. The zero-order chi connectivity index (χ0) is 17.5. The number of anilines is 1. The molecule has 0 saturated carbocycles. The van der Waals surface area contributed by atoms with Crippen LogP contribution in [0.4, 0.5) is 5.69 Å². The minimum Gasteiger partial charge on any atom is -0.324 e. The monoisotopic (exact) mass is 324 g/mol. The second kappa shape index (κ2) is 8.65. The first-order valence-corrected chi connectivity index (χ1v) is 8.67. The molecule has 1 N–H and O–H groups in total. The van der Waals surface area contributed by atoms with Crippen molar-refractivity contribution in [2.75, 3.05) is 11.9 Å². The Morgan fingerprint density at radius 3 is 2.42 bits per heavy atom. The molecule has 0 atom stereocenters. The van der Waals surface area contributed by atoms with Crippen molar-refractivity contribution >= 4 is 11.6 Å². The summed E-state index contributed by atoms with van der Waals surface area (Å²) in [7, 11) is 0. The summed E-state index contributed by atoms with van der Waals surface area (Å²) in [5.74, 6) is 0.0450. The first kappa shape index (κ1) is 18.2. The van der Waals surface area contributed by atoms with E-state index in [0.29, 0.717) is 12.6 Å². The molecule has 24 heavy (non-hydrogen) atoms. The summed E-state index contributed by atoms with van der Waals surface area (Å²) in [4.78, 5) is 14.8. The smallest absolute Gasteiger partial charge is 0.238 e. The zero-order valence-corrected chi connectivity index (χ0v) is 15.2. The van der Waals surface area contributed by atoms with Gasteiger partial charge in [0.2, 0.25) is 5.91 Å². The number of aryl methyl sites for hydroxylation is 2. The van der Waals surface area contributed by atoms with Gasteiger partial charge in [-0.25, -0.2) is 0 Å². The maximum absolute atomic E-state index is 12.6. The van der Waals surface area contributed by atoms with Crippen molar-refractivity contribution in [1.82, 2.24) is 4.90 Å². The molecule has 0 bridgehead atoms. The molecule has 0 spiro atoms. The van der Waals surface area contributed by atoms with Crippen LogP contribution >= 0.6 is 0 Å². The molecule has 0 aromatic heterocycles. The van der Waals surface area contributed by atoms with E-state index in [1.54, 1.807) is 0 Å². The molecule has 0 heterocycles. The van der Waals surface area contributed by atoms with E-state index >= 15 is 0 Å². The highest BCUT2D eigenvalue weighted by molar-refractivity contribution is 5.93. The summed E-state index contributed by atoms with van der Waals surface area (Å²) >= 11 is 0. The zero-order valence-electron chi connectivity index (χ0n) is 15.2. The normalized spacial score (nSPS) is 11.1. The second-order valence-electron chi connectivity index (χ2n) is 6.50. The summed E-state index contributed by atoms with van der Waals surface area (Å²) in [6, 6.07) is 16.8. The van der Waals surface area contributed by atoms with Gasteiger partial charge < -0.3 is 5.32 Å². The Balaban J connectivity index is 2.06. The maximum Gasteiger partial charge on any atom is 0.238 e. The predicted molar refractivity (Wildman–Crippen MR) is 101 cm³/mol. The summed E-state index contributed by atoms with van der Waals surface area (Å²) < 4.78 is 0. The third-order valence-electron chi connectivity index (χ3n) is 4.31. The lowest BCUT2D eigenvalue weighted by Crippen LogP contribution is -2.37. The van der Waals surface area contributed by atoms with Gasteiger partial charge in [0.25, 0.3) is 0 Å². The van der Waals surface area contributed by atoms with Crippen LogP contribution < -0.4 is 5.32 Å². The Kier molecular flexibility index (Phi) is 6.56. The number of amides is 1. The van der Waals surface area contributed by atoms with Crippen LogP contribution in [0.5, 0.6) is 0 Å². The molecule has 0 fully saturated rings. The highest BCUT2D eigenvalue weighted by atomic mass is 16.2. The Hall–Kier alpha value is -2.13. The van der Waals surface area contributed by atoms with Crippen molar-refractivity contribution in [3.63, 3.8) is 0 Å². The van der Waals surface area contributed by atoms with Gasteiger partial charge in [0.05, 0.1) is 6.54 Å². The molecule has 0 saturated heterocycles. The summed E-state index contributed by atoms with van der Waals surface area (Å²) in [5.41, 5.74) is 4.49. The van der Waals surface area contributed by atoms with Crippen molar-refractivity contribution in [2.45, 2.75) is 46.7 Å². The van der Waals surface area contributed by atoms with Crippen molar-refractivity contribution in [1.29, 1.82) is 0 Å². The number of nitrogens with zero attached hydrogens (tertiary/aromatic N) is 1. The average Bonchev–Trinajstić information content (AvgIpc) is 2.57. The van der Waals surface area contributed by atoms with Crippen molar-refractivity contribution in [3.05, 3.63) is 65.2 Å². The van der Waals surface area contributed by atoms with Crippen molar-refractivity contribution < 1.29 is 4.79 Å². The van der Waals surface area contributed by atoms with E-state index in [1.807, 2.05) is 37.3 Å². The Bertz CT molecular complexity index is 665. The largest absolute Gasteiger partial charge is 0.324 e. The third kappa shape index (κ3) is 4.93. The lowest BCUT2D eigenvalue weighted by molar-refractivity contribution is -0.117. The molecule has 128 valence electrons. The van der Waals surface area contributed by atoms with Crippen LogP contribution in [0.3, 0.4) is 0 Å². The minimum absolute atomic E-state index is 0.0450. The van der Waals surface area contributed by atoms with E-state index in [9.17, 15) is 4.79 Å². The van der Waals surface area contributed by atoms with Gasteiger partial charge in [-0.15, -0.1) is 0 Å². The van der Waals surface area contributed by atoms with Gasteiger partial charge in [-0.2, -0.15) is 0 Å². The number of carbonyl (C=O) groups is 1. The Labute approximate surface area is 145 Å². The number of benzene rings is 2. The predicted octanol–water partition coefficient (Wildman–Crippen LogP) is 4.41. The fourth-order valence-electron chi connectivity index (χ4n) is 2.80. The summed E-state index contributed by atoms with van der Waals surface area (Å²) in [6.07, 6.45) is 0.912. The second-order valence-corrected chi connectivity index (χ2v) is 6.50. The Morgan fingerprint density at radius 1 is 1.08 bits per heavy atom. The maximum atomic E-state index is 12.6. The summed E-state index contributed by atoms with van der Waals surface area (Å²) in [5, 5.41) is 3.12. The van der Waals surface area contributed by atoms with Gasteiger partial charge in [-0.05, 0) is 43.9 Å². The van der Waals surface area contributed by atoms with E-state index in [0.717, 1.165) is 24.2 Å². The Morgan fingerprint density at radius 2 is 1.79 bits per heavy atom. The van der Waals surface area contributed by atoms with E-state index in [-0.39, 0.29) is 5.91 Å². The first-order chi connectivity index (χ1) is 11.5.